The van der Waals surface area contributed by atoms with Crippen molar-refractivity contribution in [3.8, 4) is 17.2 Å². The molecule has 1 aliphatic heterocycles. The van der Waals surface area contributed by atoms with E-state index < -0.39 is 29.5 Å². The third-order valence-corrected chi connectivity index (χ3v) is 7.17. The van der Waals surface area contributed by atoms with Gasteiger partial charge in [0.2, 0.25) is 0 Å². The lowest BCUT2D eigenvalue weighted by molar-refractivity contribution is -0.132. The molecule has 3 aromatic rings. The number of hydrogen-bond donors (Lipinski definition) is 2. The minimum Gasteiger partial charge on any atom is -0.507 e. The highest BCUT2D eigenvalue weighted by Gasteiger charge is 2.48. The summed E-state index contributed by atoms with van der Waals surface area (Å²) >= 11 is 0.892. The number of phenols is 1. The monoisotopic (exact) mass is 552 g/mol. The van der Waals surface area contributed by atoms with Gasteiger partial charge in [0, 0.05) is 5.56 Å². The van der Waals surface area contributed by atoms with E-state index in [0.29, 0.717) is 35.1 Å². The van der Waals surface area contributed by atoms with Gasteiger partial charge < -0.3 is 24.4 Å². The maximum absolute atomic E-state index is 13.4. The highest BCUT2D eigenvalue weighted by Crippen LogP contribution is 2.45. The smallest absolute Gasteiger partial charge is 0.350 e. The Labute approximate surface area is 229 Å². The van der Waals surface area contributed by atoms with Crippen molar-refractivity contribution in [1.82, 2.24) is 4.98 Å². The van der Waals surface area contributed by atoms with Crippen molar-refractivity contribution in [2.75, 3.05) is 25.7 Å². The topological polar surface area (TPSA) is 135 Å². The van der Waals surface area contributed by atoms with Crippen LogP contribution in [0.3, 0.4) is 0 Å². The normalized spacial score (nSPS) is 16.6. The first-order valence-electron chi connectivity index (χ1n) is 12.0. The van der Waals surface area contributed by atoms with Gasteiger partial charge in [-0.3, -0.25) is 14.5 Å². The average Bonchev–Trinajstić information content (AvgIpc) is 3.43. The number of rotatable bonds is 8. The number of thiazole rings is 1. The number of aliphatic hydroxyl groups excluding tert-OH is 1. The van der Waals surface area contributed by atoms with E-state index >= 15 is 0 Å². The number of phenolic OH excluding ortho intramolecular Hbond substituents is 1. The van der Waals surface area contributed by atoms with Gasteiger partial charge in [-0.2, -0.15) is 0 Å². The molecule has 1 fully saturated rings. The molecule has 0 radical (unpaired) electrons. The van der Waals surface area contributed by atoms with E-state index in [1.165, 1.54) is 32.4 Å². The fraction of sp³-hybridized carbons (Fsp3) is 0.286. The largest absolute Gasteiger partial charge is 0.507 e. The molecule has 1 saturated heterocycles. The number of esters is 1. The van der Waals surface area contributed by atoms with Crippen LogP contribution in [0.2, 0.25) is 0 Å². The number of benzene rings is 2. The summed E-state index contributed by atoms with van der Waals surface area (Å²) < 4.78 is 15.7. The number of aromatic hydroxyl groups is 1. The zero-order valence-electron chi connectivity index (χ0n) is 22.0. The van der Waals surface area contributed by atoms with Crippen molar-refractivity contribution >= 4 is 39.9 Å². The molecule has 4 rings (SSSR count). The molecule has 1 aliphatic rings. The fourth-order valence-electron chi connectivity index (χ4n) is 4.10. The summed E-state index contributed by atoms with van der Waals surface area (Å²) in [4.78, 5) is 44.7. The number of hydrogen-bond acceptors (Lipinski definition) is 10. The molecule has 1 unspecified atom stereocenters. The number of Topliss-reactive ketones (excluding diaryl/α,β-unsaturated/α-hetero) is 1. The number of anilines is 1. The van der Waals surface area contributed by atoms with E-state index in [4.69, 9.17) is 14.2 Å². The molecule has 0 saturated carbocycles. The Hall–Kier alpha value is -4.38. The second-order valence-electron chi connectivity index (χ2n) is 9.23. The Balaban J connectivity index is 1.87. The number of nitrogens with zero attached hydrogens (tertiary/aromatic N) is 2. The van der Waals surface area contributed by atoms with Gasteiger partial charge in [-0.25, -0.2) is 9.78 Å². The minimum atomic E-state index is -1.13. The van der Waals surface area contributed by atoms with Crippen LogP contribution in [-0.2, 0) is 14.3 Å². The molecule has 1 aromatic heterocycles. The first-order chi connectivity index (χ1) is 18.6. The molecular formula is C28H28N2O8S. The molecule has 204 valence electrons. The van der Waals surface area contributed by atoms with Crippen LogP contribution >= 0.6 is 11.3 Å². The van der Waals surface area contributed by atoms with Crippen LogP contribution in [0.5, 0.6) is 17.2 Å². The highest BCUT2D eigenvalue weighted by atomic mass is 32.1. The molecule has 0 spiro atoms. The van der Waals surface area contributed by atoms with Crippen LogP contribution in [0.15, 0.2) is 48.0 Å². The summed E-state index contributed by atoms with van der Waals surface area (Å²) in [5.74, 6) is -2.02. The maximum Gasteiger partial charge on any atom is 0.350 e. The number of methoxy groups -OCH3 is 2. The number of carbonyl (C=O) groups is 3. The standard InChI is InChI=1S/C28H28N2O8S/c1-14(2)13-38-18-9-6-16(7-10-18)23(32)21-22(17-8-11-19(31)20(12-17)36-4)30(26(34)24(21)33)28-29-15(3)25(39-28)27(35)37-5/h6-12,14,22,31-32H,13H2,1-5H3/b23-21+. The van der Waals surface area contributed by atoms with Gasteiger partial charge in [0.05, 0.1) is 38.1 Å². The lowest BCUT2D eigenvalue weighted by Gasteiger charge is -2.23. The molecule has 11 heteroatoms. The van der Waals surface area contributed by atoms with Crippen molar-refractivity contribution in [3.63, 3.8) is 0 Å². The summed E-state index contributed by atoms with van der Waals surface area (Å²) in [6, 6.07) is 9.73. The summed E-state index contributed by atoms with van der Waals surface area (Å²) in [7, 11) is 2.60. The molecule has 2 heterocycles. The average molecular weight is 553 g/mol. The summed E-state index contributed by atoms with van der Waals surface area (Å²) in [6.45, 7) is 6.15. The van der Waals surface area contributed by atoms with E-state index in [9.17, 15) is 24.6 Å². The predicted octanol–water partition coefficient (Wildman–Crippen LogP) is 4.61. The van der Waals surface area contributed by atoms with Crippen molar-refractivity contribution < 1.29 is 38.8 Å². The van der Waals surface area contributed by atoms with Gasteiger partial charge >= 0.3 is 11.9 Å². The maximum atomic E-state index is 13.4. The molecule has 1 atom stereocenters. The molecule has 10 nitrogen and oxygen atoms in total. The first kappa shape index (κ1) is 27.6. The molecular weight excluding hydrogens is 524 g/mol. The molecule has 1 amide bonds. The van der Waals surface area contributed by atoms with Crippen molar-refractivity contribution in [2.24, 2.45) is 5.92 Å². The Bertz CT molecular complexity index is 1460. The van der Waals surface area contributed by atoms with Crippen molar-refractivity contribution in [2.45, 2.75) is 26.8 Å². The van der Waals surface area contributed by atoms with Gasteiger partial charge in [0.15, 0.2) is 16.6 Å². The van der Waals surface area contributed by atoms with Crippen LogP contribution in [0.1, 0.15) is 46.4 Å². The van der Waals surface area contributed by atoms with Gasteiger partial charge in [0.1, 0.15) is 16.4 Å². The zero-order valence-corrected chi connectivity index (χ0v) is 22.9. The Kier molecular flexibility index (Phi) is 7.91. The Morgan fingerprint density at radius 3 is 2.44 bits per heavy atom. The molecule has 0 aliphatic carbocycles. The third-order valence-electron chi connectivity index (χ3n) is 6.04. The zero-order chi connectivity index (χ0) is 28.4. The van der Waals surface area contributed by atoms with E-state index in [2.05, 4.69) is 4.98 Å². The number of carbonyl (C=O) groups excluding carboxylic acids is 3. The van der Waals surface area contributed by atoms with E-state index in [1.807, 2.05) is 13.8 Å². The lowest BCUT2D eigenvalue weighted by Crippen LogP contribution is -2.29. The fourth-order valence-corrected chi connectivity index (χ4v) is 5.12. The van der Waals surface area contributed by atoms with E-state index in [0.717, 1.165) is 16.2 Å². The number of aryl methyl sites for hydroxylation is 1. The SMILES string of the molecule is COC(=O)c1sc(N2C(=O)C(=O)/C(=C(/O)c3ccc(OCC(C)C)cc3)C2c2ccc(O)c(OC)c2)nc1C. The third kappa shape index (κ3) is 5.30. The van der Waals surface area contributed by atoms with Crippen molar-refractivity contribution in [1.29, 1.82) is 0 Å². The van der Waals surface area contributed by atoms with Gasteiger partial charge in [-0.1, -0.05) is 31.3 Å². The van der Waals surface area contributed by atoms with Crippen LogP contribution in [0.4, 0.5) is 5.13 Å². The molecule has 39 heavy (non-hydrogen) atoms. The number of aromatic nitrogens is 1. The first-order valence-corrected chi connectivity index (χ1v) is 12.9. The molecule has 2 aromatic carbocycles. The number of ketones is 1. The Morgan fingerprint density at radius 2 is 1.82 bits per heavy atom. The van der Waals surface area contributed by atoms with Crippen molar-refractivity contribution in [3.05, 3.63) is 69.7 Å². The Morgan fingerprint density at radius 1 is 1.13 bits per heavy atom. The van der Waals surface area contributed by atoms with Gasteiger partial charge in [-0.15, -0.1) is 0 Å². The minimum absolute atomic E-state index is 0.0727. The summed E-state index contributed by atoms with van der Waals surface area (Å²) in [6.07, 6.45) is 0. The van der Waals surface area contributed by atoms with E-state index in [1.54, 1.807) is 31.2 Å². The van der Waals surface area contributed by atoms with E-state index in [-0.39, 0.29) is 27.1 Å². The quantitative estimate of drug-likeness (QED) is 0.178. The lowest BCUT2D eigenvalue weighted by atomic mass is 9.95. The summed E-state index contributed by atoms with van der Waals surface area (Å²) in [5, 5.41) is 21.6. The molecule has 2 N–H and O–H groups in total. The highest BCUT2D eigenvalue weighted by molar-refractivity contribution is 7.17. The summed E-state index contributed by atoms with van der Waals surface area (Å²) in [5.41, 5.74) is 0.805. The predicted molar refractivity (Wildman–Crippen MR) is 144 cm³/mol. The number of amides is 1. The van der Waals surface area contributed by atoms with Crippen LogP contribution < -0.4 is 14.4 Å². The second kappa shape index (κ2) is 11.2. The van der Waals surface area contributed by atoms with Crippen LogP contribution in [-0.4, -0.2) is 53.7 Å². The number of aliphatic hydroxyl groups is 1. The molecule has 0 bridgehead atoms. The van der Waals surface area contributed by atoms with Crippen LogP contribution in [0.25, 0.3) is 5.76 Å². The van der Waals surface area contributed by atoms with Crippen LogP contribution in [0, 0.1) is 12.8 Å². The number of ether oxygens (including phenoxy) is 3. The second-order valence-corrected chi connectivity index (χ2v) is 10.2. The van der Waals surface area contributed by atoms with Gasteiger partial charge in [-0.05, 0) is 54.8 Å². The van der Waals surface area contributed by atoms with Gasteiger partial charge in [0.25, 0.3) is 5.78 Å².